The van der Waals surface area contributed by atoms with Crippen molar-refractivity contribution in [3.05, 3.63) is 30.3 Å². The predicted molar refractivity (Wildman–Crippen MR) is 78.4 cm³/mol. The van der Waals surface area contributed by atoms with Crippen molar-refractivity contribution in [3.8, 4) is 0 Å². The Labute approximate surface area is 130 Å². The minimum atomic E-state index is -3.43. The number of benzene rings is 1. The predicted octanol–water partition coefficient (Wildman–Crippen LogP) is 0.344. The van der Waals surface area contributed by atoms with Crippen LogP contribution in [-0.2, 0) is 24.2 Å². The first kappa shape index (κ1) is 15.9. The summed E-state index contributed by atoms with van der Waals surface area (Å²) in [4.78, 5) is 2.41. The summed E-state index contributed by atoms with van der Waals surface area (Å²) in [7, 11) is -3.43. The quantitative estimate of drug-likeness (QED) is 0.759. The van der Waals surface area contributed by atoms with Gasteiger partial charge in [-0.25, -0.2) is 13.1 Å². The molecular formula is C14H20N2O5S. The van der Waals surface area contributed by atoms with Crippen LogP contribution in [0.25, 0.3) is 0 Å². The SMILES string of the molecule is O=S(=O)(NCCCN1CCOC2OCOC21)c1ccccc1. The van der Waals surface area contributed by atoms with E-state index < -0.39 is 10.0 Å². The van der Waals surface area contributed by atoms with E-state index in [4.69, 9.17) is 14.2 Å². The van der Waals surface area contributed by atoms with Crippen LogP contribution in [0, 0.1) is 0 Å². The maximum Gasteiger partial charge on any atom is 0.240 e. The zero-order chi connectivity index (χ0) is 15.4. The zero-order valence-corrected chi connectivity index (χ0v) is 13.0. The Kier molecular flexibility index (Phi) is 5.07. The molecule has 0 bridgehead atoms. The van der Waals surface area contributed by atoms with Crippen molar-refractivity contribution in [3.63, 3.8) is 0 Å². The highest BCUT2D eigenvalue weighted by atomic mass is 32.2. The highest BCUT2D eigenvalue weighted by Crippen LogP contribution is 2.22. The molecule has 0 amide bonds. The van der Waals surface area contributed by atoms with Gasteiger partial charge < -0.3 is 14.2 Å². The minimum Gasteiger partial charge on any atom is -0.347 e. The molecule has 0 radical (unpaired) electrons. The maximum atomic E-state index is 12.1. The molecule has 0 aromatic heterocycles. The van der Waals surface area contributed by atoms with E-state index in [-0.39, 0.29) is 24.2 Å². The van der Waals surface area contributed by atoms with Crippen LogP contribution in [0.3, 0.4) is 0 Å². The lowest BCUT2D eigenvalue weighted by molar-refractivity contribution is -0.183. The Morgan fingerprint density at radius 3 is 2.82 bits per heavy atom. The fourth-order valence-corrected chi connectivity index (χ4v) is 3.66. The number of hydrogen-bond acceptors (Lipinski definition) is 6. The molecule has 3 rings (SSSR count). The molecular weight excluding hydrogens is 308 g/mol. The number of ether oxygens (including phenoxy) is 3. The van der Waals surface area contributed by atoms with Crippen molar-refractivity contribution in [2.24, 2.45) is 0 Å². The second kappa shape index (κ2) is 7.03. The third-order valence-corrected chi connectivity index (χ3v) is 5.17. The molecule has 122 valence electrons. The van der Waals surface area contributed by atoms with Crippen LogP contribution in [0.15, 0.2) is 35.2 Å². The summed E-state index contributed by atoms with van der Waals surface area (Å²) in [5.74, 6) is 0. The molecule has 8 heteroatoms. The van der Waals surface area contributed by atoms with Gasteiger partial charge in [-0.15, -0.1) is 0 Å². The van der Waals surface area contributed by atoms with Gasteiger partial charge in [0.05, 0.1) is 11.5 Å². The van der Waals surface area contributed by atoms with Gasteiger partial charge in [-0.1, -0.05) is 18.2 Å². The van der Waals surface area contributed by atoms with Crippen molar-refractivity contribution in [2.45, 2.75) is 23.8 Å². The Bertz CT molecular complexity index is 580. The summed E-state index contributed by atoms with van der Waals surface area (Å²) in [5, 5.41) is 0. The minimum absolute atomic E-state index is 0.181. The molecule has 2 fully saturated rings. The topological polar surface area (TPSA) is 77.1 Å². The average Bonchev–Trinajstić information content (AvgIpc) is 3.02. The van der Waals surface area contributed by atoms with Gasteiger partial charge in [0.15, 0.2) is 19.3 Å². The van der Waals surface area contributed by atoms with E-state index in [1.54, 1.807) is 30.3 Å². The van der Waals surface area contributed by atoms with E-state index in [0.717, 1.165) is 13.1 Å². The number of morpholine rings is 1. The second-order valence-electron chi connectivity index (χ2n) is 5.18. The first-order valence-electron chi connectivity index (χ1n) is 7.30. The summed E-state index contributed by atoms with van der Waals surface area (Å²) in [6.45, 7) is 2.71. The van der Waals surface area contributed by atoms with E-state index in [0.29, 0.717) is 19.6 Å². The third-order valence-electron chi connectivity index (χ3n) is 3.69. The van der Waals surface area contributed by atoms with E-state index in [1.807, 2.05) is 0 Å². The van der Waals surface area contributed by atoms with Crippen LogP contribution < -0.4 is 4.72 Å². The fourth-order valence-electron chi connectivity index (χ4n) is 2.57. The van der Waals surface area contributed by atoms with Crippen LogP contribution in [0.1, 0.15) is 6.42 Å². The van der Waals surface area contributed by atoms with Crippen molar-refractivity contribution in [1.29, 1.82) is 0 Å². The molecule has 2 unspecified atom stereocenters. The maximum absolute atomic E-state index is 12.1. The Morgan fingerprint density at radius 2 is 2.00 bits per heavy atom. The molecule has 1 N–H and O–H groups in total. The number of rotatable bonds is 6. The Balaban J connectivity index is 1.45. The molecule has 2 aliphatic rings. The van der Waals surface area contributed by atoms with Crippen molar-refractivity contribution < 1.29 is 22.6 Å². The van der Waals surface area contributed by atoms with E-state index in [2.05, 4.69) is 9.62 Å². The molecule has 2 saturated heterocycles. The molecule has 7 nitrogen and oxygen atoms in total. The summed E-state index contributed by atoms with van der Waals surface area (Å²) < 4.78 is 43.0. The molecule has 0 spiro atoms. The standard InChI is InChI=1S/C14H20N2O5S/c17-22(18,12-5-2-1-3-6-12)15-7-4-8-16-9-10-19-14-13(16)20-11-21-14/h1-3,5-6,13-15H,4,7-11H2. The number of nitrogens with one attached hydrogen (secondary N) is 1. The molecule has 0 saturated carbocycles. The van der Waals surface area contributed by atoms with E-state index in [1.165, 1.54) is 0 Å². The van der Waals surface area contributed by atoms with Gasteiger partial charge in [-0.05, 0) is 18.6 Å². The first-order valence-corrected chi connectivity index (χ1v) is 8.79. The van der Waals surface area contributed by atoms with Gasteiger partial charge in [-0.2, -0.15) is 0 Å². The summed E-state index contributed by atoms with van der Waals surface area (Å²) in [5.41, 5.74) is 0. The summed E-state index contributed by atoms with van der Waals surface area (Å²) in [6.07, 6.45) is 0.188. The average molecular weight is 328 g/mol. The summed E-state index contributed by atoms with van der Waals surface area (Å²) >= 11 is 0. The van der Waals surface area contributed by atoms with Gasteiger partial charge in [0.25, 0.3) is 0 Å². The number of sulfonamides is 1. The highest BCUT2D eigenvalue weighted by molar-refractivity contribution is 7.89. The Hall–Kier alpha value is -1.03. The lowest BCUT2D eigenvalue weighted by Gasteiger charge is -2.34. The van der Waals surface area contributed by atoms with Gasteiger partial charge in [0.2, 0.25) is 10.0 Å². The number of fused-ring (bicyclic) bond motifs is 1. The molecule has 2 aliphatic heterocycles. The second-order valence-corrected chi connectivity index (χ2v) is 6.95. The van der Waals surface area contributed by atoms with E-state index in [9.17, 15) is 8.42 Å². The van der Waals surface area contributed by atoms with Crippen LogP contribution in [0.2, 0.25) is 0 Å². The van der Waals surface area contributed by atoms with Gasteiger partial charge >= 0.3 is 0 Å². The number of hydrogen-bond donors (Lipinski definition) is 1. The lowest BCUT2D eigenvalue weighted by atomic mass is 10.3. The van der Waals surface area contributed by atoms with Crippen LogP contribution >= 0.6 is 0 Å². The van der Waals surface area contributed by atoms with Crippen LogP contribution in [-0.4, -0.2) is 58.9 Å². The van der Waals surface area contributed by atoms with Crippen molar-refractivity contribution in [2.75, 3.05) is 33.0 Å². The first-order chi connectivity index (χ1) is 10.7. The van der Waals surface area contributed by atoms with Gasteiger partial charge in [0.1, 0.15) is 0 Å². The van der Waals surface area contributed by atoms with E-state index >= 15 is 0 Å². The van der Waals surface area contributed by atoms with Crippen LogP contribution in [0.4, 0.5) is 0 Å². The van der Waals surface area contributed by atoms with Gasteiger partial charge in [0, 0.05) is 19.6 Å². The fraction of sp³-hybridized carbons (Fsp3) is 0.571. The Morgan fingerprint density at radius 1 is 1.18 bits per heavy atom. The molecule has 0 aliphatic carbocycles. The molecule has 1 aromatic rings. The molecule has 1 aromatic carbocycles. The normalized spacial score (nSPS) is 26.0. The largest absolute Gasteiger partial charge is 0.347 e. The molecule has 2 atom stereocenters. The highest BCUT2D eigenvalue weighted by Gasteiger charge is 2.37. The van der Waals surface area contributed by atoms with Crippen LogP contribution in [0.5, 0.6) is 0 Å². The zero-order valence-electron chi connectivity index (χ0n) is 12.2. The molecule has 22 heavy (non-hydrogen) atoms. The van der Waals surface area contributed by atoms with Gasteiger partial charge in [-0.3, -0.25) is 4.90 Å². The molecule has 2 heterocycles. The summed E-state index contributed by atoms with van der Waals surface area (Å²) in [6, 6.07) is 8.37. The third kappa shape index (κ3) is 3.65. The lowest BCUT2D eigenvalue weighted by Crippen LogP contribution is -2.50. The van der Waals surface area contributed by atoms with Crippen molar-refractivity contribution in [1.82, 2.24) is 9.62 Å². The van der Waals surface area contributed by atoms with Crippen molar-refractivity contribution >= 4 is 10.0 Å². The smallest absolute Gasteiger partial charge is 0.240 e. The number of nitrogens with zero attached hydrogens (tertiary/aromatic N) is 1. The monoisotopic (exact) mass is 328 g/mol.